The zero-order valence-electron chi connectivity index (χ0n) is 22.0. The zero-order chi connectivity index (χ0) is 25.4. The molecule has 7 heteroatoms. The van der Waals surface area contributed by atoms with E-state index in [0.717, 1.165) is 16.2 Å². The molecule has 2 heterocycles. The van der Waals surface area contributed by atoms with Gasteiger partial charge >= 0.3 is 0 Å². The van der Waals surface area contributed by atoms with E-state index >= 15 is 0 Å². The molecule has 2 aliphatic rings. The summed E-state index contributed by atoms with van der Waals surface area (Å²) in [4.78, 5) is 42.1. The molecular formula is C28H43N3O3S. The van der Waals surface area contributed by atoms with Gasteiger partial charge in [0.25, 0.3) is 5.91 Å². The van der Waals surface area contributed by atoms with E-state index in [2.05, 4.69) is 44.0 Å². The number of benzene rings is 1. The van der Waals surface area contributed by atoms with Crippen LogP contribution in [0, 0.1) is 0 Å². The monoisotopic (exact) mass is 501 g/mol. The van der Waals surface area contributed by atoms with E-state index in [1.165, 1.54) is 51.5 Å². The van der Waals surface area contributed by atoms with Crippen molar-refractivity contribution < 1.29 is 14.4 Å². The second-order valence-corrected chi connectivity index (χ2v) is 11.6. The molecule has 0 radical (unpaired) electrons. The fourth-order valence-corrected chi connectivity index (χ4v) is 6.36. The molecule has 0 aromatic heterocycles. The molecular weight excluding hydrogens is 458 g/mol. The molecule has 1 aromatic rings. The van der Waals surface area contributed by atoms with E-state index in [1.54, 1.807) is 4.90 Å². The molecule has 1 atom stereocenters. The largest absolute Gasteiger partial charge is 0.322 e. The lowest BCUT2D eigenvalue weighted by Crippen LogP contribution is -2.52. The van der Waals surface area contributed by atoms with Crippen LogP contribution < -0.4 is 5.32 Å². The van der Waals surface area contributed by atoms with Crippen molar-refractivity contribution in [3.05, 3.63) is 29.3 Å². The van der Waals surface area contributed by atoms with Gasteiger partial charge < -0.3 is 4.90 Å². The van der Waals surface area contributed by atoms with E-state index in [1.807, 2.05) is 23.9 Å². The van der Waals surface area contributed by atoms with Gasteiger partial charge in [-0.15, -0.1) is 11.8 Å². The molecule has 1 N–H and O–H groups in total. The average molecular weight is 502 g/mol. The van der Waals surface area contributed by atoms with Gasteiger partial charge in [-0.1, -0.05) is 38.2 Å². The van der Waals surface area contributed by atoms with Gasteiger partial charge in [-0.05, 0) is 77.0 Å². The van der Waals surface area contributed by atoms with Gasteiger partial charge in [0.05, 0.1) is 0 Å². The highest BCUT2D eigenvalue weighted by Gasteiger charge is 2.39. The third-order valence-electron chi connectivity index (χ3n) is 7.18. The number of thioether (sulfide) groups is 1. The van der Waals surface area contributed by atoms with Gasteiger partial charge in [-0.2, -0.15) is 0 Å². The summed E-state index contributed by atoms with van der Waals surface area (Å²) < 4.78 is 0. The Morgan fingerprint density at radius 2 is 1.63 bits per heavy atom. The Morgan fingerprint density at radius 1 is 0.971 bits per heavy atom. The van der Waals surface area contributed by atoms with E-state index in [9.17, 15) is 14.4 Å². The zero-order valence-corrected chi connectivity index (χ0v) is 22.8. The number of nitrogens with one attached hydrogen (secondary N) is 1. The maximum Gasteiger partial charge on any atom is 0.255 e. The predicted molar refractivity (Wildman–Crippen MR) is 143 cm³/mol. The number of hydrogen-bond acceptors (Lipinski definition) is 5. The molecule has 6 nitrogen and oxygen atoms in total. The number of piperidine rings is 1. The van der Waals surface area contributed by atoms with E-state index in [0.29, 0.717) is 30.6 Å². The molecule has 3 rings (SSSR count). The minimum Gasteiger partial charge on any atom is -0.322 e. The summed E-state index contributed by atoms with van der Waals surface area (Å²) in [6, 6.07) is 6.57. The van der Waals surface area contributed by atoms with Crippen LogP contribution in [0.5, 0.6) is 0 Å². The Bertz CT molecular complexity index is 878. The molecule has 1 unspecified atom stereocenters. The lowest BCUT2D eigenvalue weighted by molar-refractivity contribution is -0.136. The summed E-state index contributed by atoms with van der Waals surface area (Å²) in [6.45, 7) is 10.8. The summed E-state index contributed by atoms with van der Waals surface area (Å²) in [7, 11) is 0. The van der Waals surface area contributed by atoms with Crippen LogP contribution in [0.25, 0.3) is 0 Å². The molecule has 0 bridgehead atoms. The van der Waals surface area contributed by atoms with Gasteiger partial charge in [-0.3, -0.25) is 24.6 Å². The smallest absolute Gasteiger partial charge is 0.255 e. The summed E-state index contributed by atoms with van der Waals surface area (Å²) >= 11 is 1.82. The molecule has 0 saturated carbocycles. The van der Waals surface area contributed by atoms with Crippen LogP contribution in [0.1, 0.15) is 101 Å². The minimum atomic E-state index is -0.552. The van der Waals surface area contributed by atoms with Crippen LogP contribution >= 0.6 is 11.8 Å². The molecule has 0 aliphatic carbocycles. The molecule has 1 aromatic carbocycles. The Labute approximate surface area is 215 Å². The van der Waals surface area contributed by atoms with Gasteiger partial charge in [0, 0.05) is 35.5 Å². The normalized spacial score (nSPS) is 18.2. The topological polar surface area (TPSA) is 69.7 Å². The van der Waals surface area contributed by atoms with Crippen molar-refractivity contribution in [1.82, 2.24) is 15.1 Å². The van der Waals surface area contributed by atoms with E-state index < -0.39 is 6.04 Å². The van der Waals surface area contributed by atoms with E-state index in [-0.39, 0.29) is 24.1 Å². The van der Waals surface area contributed by atoms with Gasteiger partial charge in [0.2, 0.25) is 11.8 Å². The first kappa shape index (κ1) is 27.7. The lowest BCUT2D eigenvalue weighted by Gasteiger charge is -2.30. The van der Waals surface area contributed by atoms with Crippen LogP contribution in [0.2, 0.25) is 0 Å². The molecule has 1 saturated heterocycles. The summed E-state index contributed by atoms with van der Waals surface area (Å²) in [6.07, 6.45) is 9.63. The van der Waals surface area contributed by atoms with Crippen molar-refractivity contribution in [3.63, 3.8) is 0 Å². The number of fused-ring (bicyclic) bond motifs is 1. The number of carbonyl (C=O) groups excluding carboxylic acids is 3. The molecule has 2 aliphatic heterocycles. The molecule has 3 amide bonds. The quantitative estimate of drug-likeness (QED) is 0.210. The summed E-state index contributed by atoms with van der Waals surface area (Å²) in [5, 5.41) is 2.37. The number of carbonyl (C=O) groups is 3. The maximum atomic E-state index is 13.0. The summed E-state index contributed by atoms with van der Waals surface area (Å²) in [5.74, 6) is 0.340. The van der Waals surface area contributed by atoms with Crippen molar-refractivity contribution >= 4 is 29.5 Å². The van der Waals surface area contributed by atoms with E-state index in [4.69, 9.17) is 0 Å². The van der Waals surface area contributed by atoms with Crippen LogP contribution in [0.4, 0.5) is 0 Å². The lowest BCUT2D eigenvalue weighted by atomic mass is 10.0. The fraction of sp³-hybridized carbons (Fsp3) is 0.679. The fourth-order valence-electron chi connectivity index (χ4n) is 5.27. The SMILES string of the molecule is CC(C)N(CCCCCCCCCSc1cccc2c1CN(C1CCC(=O)NC1=O)C2=O)C(C)C. The number of rotatable bonds is 14. The van der Waals surface area contributed by atoms with Gasteiger partial charge in [-0.25, -0.2) is 0 Å². The third kappa shape index (κ3) is 7.56. The highest BCUT2D eigenvalue weighted by atomic mass is 32.2. The van der Waals surface area contributed by atoms with Gasteiger partial charge in [0.1, 0.15) is 6.04 Å². The van der Waals surface area contributed by atoms with Crippen molar-refractivity contribution in [3.8, 4) is 0 Å². The Hall–Kier alpha value is -1.86. The molecule has 194 valence electrons. The summed E-state index contributed by atoms with van der Waals surface area (Å²) in [5.41, 5.74) is 1.73. The van der Waals surface area contributed by atoms with Crippen LogP contribution in [-0.4, -0.2) is 57.9 Å². The second kappa shape index (κ2) is 13.4. The molecule has 1 fully saturated rings. The molecule has 35 heavy (non-hydrogen) atoms. The Kier molecular flexibility index (Phi) is 10.7. The highest BCUT2D eigenvalue weighted by Crippen LogP contribution is 2.34. The molecule has 0 spiro atoms. The van der Waals surface area contributed by atoms with Crippen LogP contribution in [-0.2, 0) is 16.1 Å². The first-order chi connectivity index (χ1) is 16.8. The Balaban J connectivity index is 1.34. The van der Waals surface area contributed by atoms with Crippen molar-refractivity contribution in [2.75, 3.05) is 12.3 Å². The number of imide groups is 1. The number of hydrogen-bond donors (Lipinski definition) is 1. The minimum absolute atomic E-state index is 0.0955. The number of amides is 3. The van der Waals surface area contributed by atoms with Gasteiger partial charge in [0.15, 0.2) is 0 Å². The standard InChI is InChI=1S/C28H43N3O3S/c1-20(2)30(21(3)4)17-10-8-6-5-7-9-11-18-35-25-14-12-13-22-23(25)19-31(28(22)34)24-15-16-26(32)29-27(24)33/h12-14,20-21,24H,5-11,15-19H2,1-4H3,(H,29,32,33). The first-order valence-corrected chi connectivity index (χ1v) is 14.4. The third-order valence-corrected chi connectivity index (χ3v) is 8.37. The average Bonchev–Trinajstić information content (AvgIpc) is 3.14. The number of unbranched alkanes of at least 4 members (excludes halogenated alkanes) is 6. The predicted octanol–water partition coefficient (Wildman–Crippen LogP) is 5.39. The number of nitrogens with zero attached hydrogens (tertiary/aromatic N) is 2. The second-order valence-electron chi connectivity index (χ2n) is 10.4. The van der Waals surface area contributed by atoms with Crippen molar-refractivity contribution in [2.24, 2.45) is 0 Å². The highest BCUT2D eigenvalue weighted by molar-refractivity contribution is 7.99. The van der Waals surface area contributed by atoms with Crippen LogP contribution in [0.3, 0.4) is 0 Å². The first-order valence-electron chi connectivity index (χ1n) is 13.4. The van der Waals surface area contributed by atoms with Crippen molar-refractivity contribution in [1.29, 1.82) is 0 Å². The van der Waals surface area contributed by atoms with Crippen LogP contribution in [0.15, 0.2) is 23.1 Å². The Morgan fingerprint density at radius 3 is 2.29 bits per heavy atom. The maximum absolute atomic E-state index is 13.0. The van der Waals surface area contributed by atoms with Crippen molar-refractivity contribution in [2.45, 2.75) is 115 Å².